The summed E-state index contributed by atoms with van der Waals surface area (Å²) in [4.78, 5) is 0. The van der Waals surface area contributed by atoms with Gasteiger partial charge in [-0.05, 0) is 0 Å². The second-order valence-electron chi connectivity index (χ2n) is 0.250. The van der Waals surface area contributed by atoms with E-state index in [1.165, 1.54) is 0 Å². The Kier molecular flexibility index (Phi) is 24.4. The minimum atomic E-state index is -4.08. The summed E-state index contributed by atoms with van der Waals surface area (Å²) in [6, 6.07) is 0. The summed E-state index contributed by atoms with van der Waals surface area (Å²) in [7, 11) is 0. The average molecular weight is 196 g/mol. The summed E-state index contributed by atoms with van der Waals surface area (Å²) in [6.07, 6.45) is 0. The number of hydrogen-bond donors (Lipinski definition) is 0. The van der Waals surface area contributed by atoms with Crippen molar-refractivity contribution < 1.29 is 29.0 Å². The molecule has 0 aromatic heterocycles. The van der Waals surface area contributed by atoms with Gasteiger partial charge in [-0.3, -0.25) is 0 Å². The van der Waals surface area contributed by atoms with Gasteiger partial charge >= 0.3 is 44.3 Å². The molecule has 6 heavy (non-hydrogen) atoms. The van der Waals surface area contributed by atoms with Gasteiger partial charge in [-0.1, -0.05) is 7.43 Å². The fraction of sp³-hybridized carbons (Fsp3) is 1.00. The van der Waals surface area contributed by atoms with Crippen LogP contribution in [0.1, 0.15) is 7.43 Å². The van der Waals surface area contributed by atoms with E-state index in [0.29, 0.717) is 0 Å². The molecule has 0 saturated heterocycles. The molecule has 0 aliphatic rings. The maximum Gasteiger partial charge on any atom is 2.00 e. The van der Waals surface area contributed by atoms with Gasteiger partial charge < -0.3 is 0 Å². The second kappa shape index (κ2) is 9.25. The van der Waals surface area contributed by atoms with E-state index < -0.39 is 15.3 Å². The van der Waals surface area contributed by atoms with Gasteiger partial charge in [0.05, 0.1) is 0 Å². The van der Waals surface area contributed by atoms with Crippen LogP contribution in [-0.2, 0) is 20.8 Å². The molecule has 0 heterocycles. The third-order valence-electron chi connectivity index (χ3n) is 0. The molecule has 0 spiro atoms. The normalized spacial score (nSPS) is 5.83. The fourth-order valence-electron chi connectivity index (χ4n) is 0. The van der Waals surface area contributed by atoms with Crippen molar-refractivity contribution in [3.63, 3.8) is 0 Å². The van der Waals surface area contributed by atoms with E-state index in [2.05, 4.69) is 0 Å². The molecule has 0 unspecified atom stereocenters. The number of rotatable bonds is 0. The van der Waals surface area contributed by atoms with Gasteiger partial charge in [-0.15, -0.1) is 0 Å². The molecule has 0 N–H and O–H groups in total. The zero-order chi connectivity index (χ0) is 3.58. The molecule has 0 aromatic carbocycles. The topological polar surface area (TPSA) is 63.2 Å². The zero-order valence-electron chi connectivity index (χ0n) is 2.08. The van der Waals surface area contributed by atoms with E-state index in [0.717, 1.165) is 0 Å². The Labute approximate surface area is 52.0 Å². The van der Waals surface area contributed by atoms with Crippen molar-refractivity contribution in [1.82, 2.24) is 0 Å². The molecule has 0 bridgehead atoms. The number of hydrogen-bond acceptors (Lipinski definition) is 3. The van der Waals surface area contributed by atoms with Gasteiger partial charge in [0.15, 0.2) is 0 Å². The Balaban J connectivity index is -0.0000000450. The fourth-order valence-corrected chi connectivity index (χ4v) is 0. The molecule has 0 aliphatic heterocycles. The molecule has 0 atom stereocenters. The van der Waals surface area contributed by atoms with E-state index in [4.69, 9.17) is 11.9 Å². The second-order valence-corrected chi connectivity index (χ2v) is 1.30. The van der Waals surface area contributed by atoms with Gasteiger partial charge in [0.2, 0.25) is 0 Å². The van der Waals surface area contributed by atoms with Crippen LogP contribution >= 0.6 is 0 Å². The largest absolute Gasteiger partial charge is 2.00 e. The van der Waals surface area contributed by atoms with Crippen LogP contribution in [0.4, 0.5) is 0 Å². The molecule has 0 aromatic rings. The van der Waals surface area contributed by atoms with E-state index in [9.17, 15) is 0 Å². The maximum absolute atomic E-state index is 8.58. The zero-order valence-corrected chi connectivity index (χ0v) is 5.28. The molecule has 0 radical (unpaired) electrons. The van der Waals surface area contributed by atoms with E-state index in [1.54, 1.807) is 0 Å². The van der Waals surface area contributed by atoms with Crippen molar-refractivity contribution >= 4 is 15.3 Å². The van der Waals surface area contributed by atoms with Gasteiger partial charge in [0.1, 0.15) is 0 Å². The van der Waals surface area contributed by atoms with E-state index in [-0.39, 0.29) is 24.5 Å². The Morgan fingerprint density at radius 2 is 1.33 bits per heavy atom. The van der Waals surface area contributed by atoms with Crippen LogP contribution < -0.4 is 8.19 Å². The molecule has 0 amide bonds. The van der Waals surface area contributed by atoms with Crippen molar-refractivity contribution in [2.45, 2.75) is 7.43 Å². The van der Waals surface area contributed by atoms with E-state index in [1.807, 2.05) is 0 Å². The van der Waals surface area contributed by atoms with Crippen LogP contribution in [0.5, 0.6) is 0 Å². The van der Waals surface area contributed by atoms with Crippen molar-refractivity contribution in [3.05, 3.63) is 0 Å². The minimum absolute atomic E-state index is 0. The monoisotopic (exact) mass is 196 g/mol. The first-order valence-corrected chi connectivity index (χ1v) is 3.18. The van der Waals surface area contributed by atoms with E-state index >= 15 is 0 Å². The first-order valence-electron chi connectivity index (χ1n) is 0.612. The van der Waals surface area contributed by atoms with Gasteiger partial charge in [-0.25, -0.2) is 0 Å². The van der Waals surface area contributed by atoms with Crippen molar-refractivity contribution in [2.24, 2.45) is 0 Å². The minimum Gasteiger partial charge on any atom is 2.00 e. The molecule has 0 saturated carbocycles. The Morgan fingerprint density at radius 1 is 1.33 bits per heavy atom. The molecule has 5 heteroatoms. The standard InChI is InChI=1S/CH4.AsH3O3.Fe/c;2-1(3)4;/h1H4;1H,(H2,2,3,4);/q;;+2/p-2. The summed E-state index contributed by atoms with van der Waals surface area (Å²) >= 11 is -4.08. The average Bonchev–Trinajstić information content (AvgIpc) is 0.811. The van der Waals surface area contributed by atoms with Gasteiger partial charge in [0.25, 0.3) is 0 Å². The van der Waals surface area contributed by atoms with Crippen LogP contribution in [0.25, 0.3) is 0 Å². The Hall–Kier alpha value is 0.798. The molecule has 0 rings (SSSR count). The summed E-state index contributed by atoms with van der Waals surface area (Å²) in [5.41, 5.74) is 0. The molecular weight excluding hydrogens is 191 g/mol. The predicted molar refractivity (Wildman–Crippen MR) is 14.6 cm³/mol. The van der Waals surface area contributed by atoms with Crippen LogP contribution in [-0.4, -0.2) is 15.3 Å². The van der Waals surface area contributed by atoms with Crippen LogP contribution in [0.2, 0.25) is 0 Å². The summed E-state index contributed by atoms with van der Waals surface area (Å²) in [5.74, 6) is 0. The summed E-state index contributed by atoms with van der Waals surface area (Å²) in [5, 5.41) is 0. The first-order chi connectivity index (χ1) is 1.73. The Morgan fingerprint density at radius 3 is 1.33 bits per heavy atom. The van der Waals surface area contributed by atoms with Crippen LogP contribution in [0, 0.1) is 0 Å². The SMILES string of the molecule is C.O=[AsH]([O-])[O-].[Fe+2]. The van der Waals surface area contributed by atoms with Crippen molar-refractivity contribution in [1.29, 1.82) is 0 Å². The van der Waals surface area contributed by atoms with Gasteiger partial charge in [-0.2, -0.15) is 0 Å². The Bertz CT molecular complexity index is 33.8. The molecule has 40 valence electrons. The van der Waals surface area contributed by atoms with Crippen LogP contribution in [0.15, 0.2) is 0 Å². The molecule has 0 fully saturated rings. The van der Waals surface area contributed by atoms with Gasteiger partial charge in [0, 0.05) is 0 Å². The third kappa shape index (κ3) is 109. The smallest absolute Gasteiger partial charge is 2.00 e. The maximum atomic E-state index is 8.58. The van der Waals surface area contributed by atoms with Crippen molar-refractivity contribution in [2.75, 3.05) is 0 Å². The molecule has 0 aliphatic carbocycles. The predicted octanol–water partition coefficient (Wildman–Crippen LogP) is -2.51. The molecule has 3 nitrogen and oxygen atoms in total. The van der Waals surface area contributed by atoms with Crippen molar-refractivity contribution in [3.8, 4) is 0 Å². The first kappa shape index (κ1) is 15.8. The third-order valence-corrected chi connectivity index (χ3v) is 0. The quantitative estimate of drug-likeness (QED) is 0.402. The molecular formula is CH5AsFeO3. The summed E-state index contributed by atoms with van der Waals surface area (Å²) < 4.78 is 25.8. The van der Waals surface area contributed by atoms with Crippen LogP contribution in [0.3, 0.4) is 0 Å². The summed E-state index contributed by atoms with van der Waals surface area (Å²) in [6.45, 7) is 0.